The maximum Gasteiger partial charge on any atom is 0.269 e. The number of amides is 2. The van der Waals surface area contributed by atoms with E-state index in [1.165, 1.54) is 0 Å². The van der Waals surface area contributed by atoms with Crippen LogP contribution < -0.4 is 15.4 Å². The lowest BCUT2D eigenvalue weighted by molar-refractivity contribution is -0.120. The number of nitriles is 1. The van der Waals surface area contributed by atoms with Crippen LogP contribution in [0.2, 0.25) is 0 Å². The molecule has 0 radical (unpaired) electrons. The second-order valence-corrected chi connectivity index (χ2v) is 5.95. The van der Waals surface area contributed by atoms with Gasteiger partial charge in [-0.1, -0.05) is 0 Å². The van der Waals surface area contributed by atoms with Crippen LogP contribution in [0.1, 0.15) is 38.5 Å². The summed E-state index contributed by atoms with van der Waals surface area (Å²) in [6, 6.07) is 8.39. The van der Waals surface area contributed by atoms with Crippen LogP contribution in [-0.2, 0) is 9.59 Å². The molecule has 148 valence electrons. The summed E-state index contributed by atoms with van der Waals surface area (Å²) in [5.74, 6) is 2.01. The van der Waals surface area contributed by atoms with Crippen molar-refractivity contribution in [1.29, 1.82) is 5.26 Å². The molecule has 0 fully saturated rings. The molecular formula is C21H25N3O4. The Hall–Kier alpha value is -3.45. The standard InChI is InChI=1S/C21H25N3O4/c1-3-4-8-19(25)18(15-22)21(27)24-16-10-12-17(13-11-16)28-14-7-5-6-9-20(26)23-2/h1,10-13,25H,4-9,14H2,2H3,(H,23,26)(H,24,27)/b19-18-. The Morgan fingerprint density at radius 1 is 1.18 bits per heavy atom. The van der Waals surface area contributed by atoms with Gasteiger partial charge in [-0.05, 0) is 43.5 Å². The maximum absolute atomic E-state index is 12.1. The predicted octanol–water partition coefficient (Wildman–Crippen LogP) is 3.06. The van der Waals surface area contributed by atoms with E-state index in [-0.39, 0.29) is 30.1 Å². The van der Waals surface area contributed by atoms with Gasteiger partial charge in [-0.2, -0.15) is 5.26 Å². The molecule has 0 aliphatic rings. The van der Waals surface area contributed by atoms with Crippen molar-refractivity contribution in [2.24, 2.45) is 0 Å². The van der Waals surface area contributed by atoms with Gasteiger partial charge >= 0.3 is 0 Å². The molecule has 0 spiro atoms. The molecular weight excluding hydrogens is 358 g/mol. The number of allylic oxidation sites excluding steroid dienone is 1. The van der Waals surface area contributed by atoms with Crippen molar-refractivity contribution in [2.75, 3.05) is 19.0 Å². The highest BCUT2D eigenvalue weighted by molar-refractivity contribution is 6.06. The fourth-order valence-electron chi connectivity index (χ4n) is 2.27. The molecule has 0 saturated heterocycles. The molecule has 0 aliphatic heterocycles. The number of carbonyl (C=O) groups is 2. The Kier molecular flexibility index (Phi) is 10.4. The number of ether oxygens (including phenoxy) is 1. The number of unbranched alkanes of at least 4 members (excludes halogenated alkanes) is 2. The average Bonchev–Trinajstić information content (AvgIpc) is 2.70. The molecule has 3 N–H and O–H groups in total. The molecule has 0 aliphatic carbocycles. The first kappa shape index (κ1) is 22.6. The van der Waals surface area contributed by atoms with Crippen LogP contribution in [0, 0.1) is 23.7 Å². The Bertz CT molecular complexity index is 770. The number of hydrogen-bond acceptors (Lipinski definition) is 5. The lowest BCUT2D eigenvalue weighted by atomic mass is 10.1. The zero-order valence-electron chi connectivity index (χ0n) is 16.0. The van der Waals surface area contributed by atoms with E-state index in [2.05, 4.69) is 16.6 Å². The second-order valence-electron chi connectivity index (χ2n) is 5.95. The highest BCUT2D eigenvalue weighted by Gasteiger charge is 2.15. The van der Waals surface area contributed by atoms with Crippen LogP contribution in [0.4, 0.5) is 5.69 Å². The lowest BCUT2D eigenvalue weighted by Gasteiger charge is -2.09. The van der Waals surface area contributed by atoms with Crippen molar-refractivity contribution >= 4 is 17.5 Å². The van der Waals surface area contributed by atoms with E-state index in [0.29, 0.717) is 24.5 Å². The second kappa shape index (κ2) is 12.8. The van der Waals surface area contributed by atoms with Gasteiger partial charge in [0.2, 0.25) is 5.91 Å². The summed E-state index contributed by atoms with van der Waals surface area (Å²) < 4.78 is 5.62. The molecule has 0 heterocycles. The van der Waals surface area contributed by atoms with Gasteiger partial charge < -0.3 is 20.5 Å². The van der Waals surface area contributed by atoms with Crippen LogP contribution in [0.25, 0.3) is 0 Å². The van der Waals surface area contributed by atoms with Gasteiger partial charge in [-0.3, -0.25) is 9.59 Å². The molecule has 0 bridgehead atoms. The van der Waals surface area contributed by atoms with Gasteiger partial charge in [0.25, 0.3) is 5.91 Å². The van der Waals surface area contributed by atoms with Crippen molar-refractivity contribution < 1.29 is 19.4 Å². The number of hydrogen-bond donors (Lipinski definition) is 3. The Balaban J connectivity index is 2.46. The minimum absolute atomic E-state index is 0.0392. The first-order valence-electron chi connectivity index (χ1n) is 9.02. The van der Waals surface area contributed by atoms with Crippen molar-refractivity contribution in [3.8, 4) is 24.2 Å². The lowest BCUT2D eigenvalue weighted by Crippen LogP contribution is -2.16. The molecule has 2 amide bonds. The number of aliphatic hydroxyl groups excluding tert-OH is 1. The Morgan fingerprint density at radius 2 is 1.89 bits per heavy atom. The topological polar surface area (TPSA) is 111 Å². The van der Waals surface area contributed by atoms with Crippen LogP contribution in [0.5, 0.6) is 5.75 Å². The third-order valence-electron chi connectivity index (χ3n) is 3.84. The number of nitrogens with one attached hydrogen (secondary N) is 2. The monoisotopic (exact) mass is 383 g/mol. The van der Waals surface area contributed by atoms with E-state index < -0.39 is 5.91 Å². The Morgan fingerprint density at radius 3 is 2.50 bits per heavy atom. The first-order chi connectivity index (χ1) is 13.5. The molecule has 0 atom stereocenters. The van der Waals surface area contributed by atoms with Crippen molar-refractivity contribution in [3.05, 3.63) is 35.6 Å². The molecule has 1 rings (SSSR count). The van der Waals surface area contributed by atoms with E-state index in [9.17, 15) is 14.7 Å². The number of rotatable bonds is 11. The van der Waals surface area contributed by atoms with Crippen LogP contribution in [0.3, 0.4) is 0 Å². The van der Waals surface area contributed by atoms with Gasteiger partial charge in [0.1, 0.15) is 17.6 Å². The fraction of sp³-hybridized carbons (Fsp3) is 0.381. The summed E-state index contributed by atoms with van der Waals surface area (Å²) in [6.07, 6.45) is 8.49. The van der Waals surface area contributed by atoms with Crippen LogP contribution in [0.15, 0.2) is 35.6 Å². The summed E-state index contributed by atoms with van der Waals surface area (Å²) in [7, 11) is 1.62. The Labute approximate surface area is 165 Å². The predicted molar refractivity (Wildman–Crippen MR) is 106 cm³/mol. The van der Waals surface area contributed by atoms with E-state index in [1.807, 2.05) is 0 Å². The molecule has 1 aromatic rings. The number of aliphatic hydroxyl groups is 1. The average molecular weight is 383 g/mol. The van der Waals surface area contributed by atoms with Gasteiger partial charge in [0.05, 0.1) is 6.61 Å². The minimum Gasteiger partial charge on any atom is -0.511 e. The molecule has 0 saturated carbocycles. The zero-order valence-corrected chi connectivity index (χ0v) is 16.0. The largest absolute Gasteiger partial charge is 0.511 e. The molecule has 1 aromatic carbocycles. The SMILES string of the molecule is C#CCC/C(O)=C(\C#N)C(=O)Nc1ccc(OCCCCCC(=O)NC)cc1. The normalized spacial score (nSPS) is 10.8. The van der Waals surface area contributed by atoms with Gasteiger partial charge in [0.15, 0.2) is 5.57 Å². The van der Waals surface area contributed by atoms with E-state index in [4.69, 9.17) is 16.4 Å². The first-order valence-corrected chi connectivity index (χ1v) is 9.02. The smallest absolute Gasteiger partial charge is 0.269 e. The van der Waals surface area contributed by atoms with E-state index >= 15 is 0 Å². The molecule has 7 heteroatoms. The quantitative estimate of drug-likeness (QED) is 0.179. The van der Waals surface area contributed by atoms with E-state index in [1.54, 1.807) is 37.4 Å². The third kappa shape index (κ3) is 8.29. The minimum atomic E-state index is -0.693. The molecule has 7 nitrogen and oxygen atoms in total. The molecule has 0 aromatic heterocycles. The molecule has 28 heavy (non-hydrogen) atoms. The third-order valence-corrected chi connectivity index (χ3v) is 3.84. The summed E-state index contributed by atoms with van der Waals surface area (Å²) in [6.45, 7) is 0.532. The van der Waals surface area contributed by atoms with Crippen LogP contribution in [-0.4, -0.2) is 30.6 Å². The van der Waals surface area contributed by atoms with Crippen molar-refractivity contribution in [2.45, 2.75) is 38.5 Å². The number of terminal acetylenes is 1. The fourth-order valence-corrected chi connectivity index (χ4v) is 2.27. The number of carbonyl (C=O) groups excluding carboxylic acids is 2. The highest BCUT2D eigenvalue weighted by atomic mass is 16.5. The molecule has 0 unspecified atom stereocenters. The maximum atomic E-state index is 12.1. The summed E-state index contributed by atoms with van der Waals surface area (Å²) in [4.78, 5) is 23.2. The highest BCUT2D eigenvalue weighted by Crippen LogP contribution is 2.18. The number of nitrogens with zero attached hydrogens (tertiary/aromatic N) is 1. The number of anilines is 1. The summed E-state index contributed by atoms with van der Waals surface area (Å²) in [5.41, 5.74) is 0.118. The zero-order chi connectivity index (χ0) is 20.8. The van der Waals surface area contributed by atoms with Gasteiger partial charge in [-0.25, -0.2) is 0 Å². The van der Waals surface area contributed by atoms with Crippen molar-refractivity contribution in [1.82, 2.24) is 5.32 Å². The van der Waals surface area contributed by atoms with Gasteiger partial charge in [0, 0.05) is 32.0 Å². The van der Waals surface area contributed by atoms with E-state index in [0.717, 1.165) is 19.3 Å². The summed E-state index contributed by atoms with van der Waals surface area (Å²) in [5, 5.41) is 24.0. The van der Waals surface area contributed by atoms with Gasteiger partial charge in [-0.15, -0.1) is 12.3 Å². The van der Waals surface area contributed by atoms with Crippen molar-refractivity contribution in [3.63, 3.8) is 0 Å². The van der Waals surface area contributed by atoms with Crippen LogP contribution >= 0.6 is 0 Å². The number of benzene rings is 1. The summed E-state index contributed by atoms with van der Waals surface area (Å²) >= 11 is 0.